The fourth-order valence-electron chi connectivity index (χ4n) is 2.49. The van der Waals surface area contributed by atoms with Gasteiger partial charge in [-0.05, 0) is 44.4 Å². The molecule has 0 unspecified atom stereocenters. The maximum atomic E-state index is 5.40. The third kappa shape index (κ3) is 5.04. The van der Waals surface area contributed by atoms with Gasteiger partial charge in [0.2, 0.25) is 0 Å². The first kappa shape index (κ1) is 15.2. The van der Waals surface area contributed by atoms with Gasteiger partial charge in [-0.2, -0.15) is 0 Å². The fraction of sp³-hybridized carbons (Fsp3) is 0.647. The van der Waals surface area contributed by atoms with E-state index in [1.165, 1.54) is 50.8 Å². The van der Waals surface area contributed by atoms with E-state index in [1.807, 2.05) is 12.1 Å². The predicted molar refractivity (Wildman–Crippen MR) is 85.8 cm³/mol. The summed E-state index contributed by atoms with van der Waals surface area (Å²) in [6.45, 7) is 2.30. The monoisotopic (exact) mass is 276 g/mol. The SMILES string of the molecule is COc1ccccc1N(C)CCCCCCNC1CC1. The van der Waals surface area contributed by atoms with Crippen molar-refractivity contribution in [2.24, 2.45) is 0 Å². The minimum Gasteiger partial charge on any atom is -0.495 e. The van der Waals surface area contributed by atoms with Gasteiger partial charge in [0.1, 0.15) is 5.75 Å². The number of hydrogen-bond acceptors (Lipinski definition) is 3. The normalized spacial score (nSPS) is 14.3. The molecule has 0 aliphatic heterocycles. The summed E-state index contributed by atoms with van der Waals surface area (Å²) in [6, 6.07) is 9.08. The lowest BCUT2D eigenvalue weighted by Gasteiger charge is -2.21. The predicted octanol–water partition coefficient (Wildman–Crippen LogP) is 3.44. The number of methoxy groups -OCH3 is 1. The Balaban J connectivity index is 1.58. The Bertz CT molecular complexity index is 390. The van der Waals surface area contributed by atoms with Gasteiger partial charge >= 0.3 is 0 Å². The second-order valence-corrected chi connectivity index (χ2v) is 5.74. The molecule has 1 aromatic carbocycles. The number of benzene rings is 1. The summed E-state index contributed by atoms with van der Waals surface area (Å²) in [6.07, 6.45) is 7.99. The molecular weight excluding hydrogens is 248 g/mol. The highest BCUT2D eigenvalue weighted by Gasteiger charge is 2.19. The standard InChI is InChI=1S/C17H28N2O/c1-19(16-9-5-6-10-17(16)20-2)14-8-4-3-7-13-18-15-11-12-15/h5-6,9-10,15,18H,3-4,7-8,11-14H2,1-2H3. The number of para-hydroxylation sites is 2. The van der Waals surface area contributed by atoms with Gasteiger partial charge in [0.25, 0.3) is 0 Å². The lowest BCUT2D eigenvalue weighted by atomic mass is 10.2. The second-order valence-electron chi connectivity index (χ2n) is 5.74. The van der Waals surface area contributed by atoms with Crippen LogP contribution in [0.15, 0.2) is 24.3 Å². The maximum absolute atomic E-state index is 5.40. The minimum absolute atomic E-state index is 0.853. The number of nitrogens with one attached hydrogen (secondary N) is 1. The molecule has 1 aromatic rings. The first-order chi connectivity index (χ1) is 9.81. The van der Waals surface area contributed by atoms with Crippen molar-refractivity contribution in [2.45, 2.75) is 44.6 Å². The molecule has 0 saturated heterocycles. The van der Waals surface area contributed by atoms with Gasteiger partial charge < -0.3 is 15.0 Å². The third-order valence-electron chi connectivity index (χ3n) is 3.93. The first-order valence-electron chi connectivity index (χ1n) is 7.89. The van der Waals surface area contributed by atoms with Crippen molar-refractivity contribution < 1.29 is 4.74 Å². The highest BCUT2D eigenvalue weighted by molar-refractivity contribution is 5.57. The van der Waals surface area contributed by atoms with E-state index in [-0.39, 0.29) is 0 Å². The summed E-state index contributed by atoms with van der Waals surface area (Å²) in [5.74, 6) is 0.962. The molecule has 1 saturated carbocycles. The van der Waals surface area contributed by atoms with E-state index in [9.17, 15) is 0 Å². The number of rotatable bonds is 10. The van der Waals surface area contributed by atoms with Crippen LogP contribution in [0, 0.1) is 0 Å². The summed E-state index contributed by atoms with van der Waals surface area (Å²) in [5.41, 5.74) is 1.19. The zero-order chi connectivity index (χ0) is 14.2. The highest BCUT2D eigenvalue weighted by Crippen LogP contribution is 2.26. The van der Waals surface area contributed by atoms with Crippen molar-refractivity contribution in [3.63, 3.8) is 0 Å². The van der Waals surface area contributed by atoms with Crippen LogP contribution in [0.4, 0.5) is 5.69 Å². The number of ether oxygens (including phenoxy) is 1. The smallest absolute Gasteiger partial charge is 0.142 e. The Morgan fingerprint density at radius 2 is 1.90 bits per heavy atom. The largest absolute Gasteiger partial charge is 0.495 e. The van der Waals surface area contributed by atoms with Crippen molar-refractivity contribution in [2.75, 3.05) is 32.1 Å². The van der Waals surface area contributed by atoms with Crippen LogP contribution in [0.25, 0.3) is 0 Å². The topological polar surface area (TPSA) is 24.5 Å². The molecular formula is C17H28N2O. The Labute approximate surface area is 123 Å². The van der Waals surface area contributed by atoms with E-state index in [0.717, 1.165) is 18.3 Å². The lowest BCUT2D eigenvalue weighted by molar-refractivity contribution is 0.414. The summed E-state index contributed by atoms with van der Waals surface area (Å²) in [7, 11) is 3.88. The molecule has 3 heteroatoms. The minimum atomic E-state index is 0.853. The zero-order valence-corrected chi connectivity index (χ0v) is 12.9. The number of unbranched alkanes of at least 4 members (excludes halogenated alkanes) is 3. The molecule has 0 amide bonds. The molecule has 1 aliphatic rings. The fourth-order valence-corrected chi connectivity index (χ4v) is 2.49. The molecule has 20 heavy (non-hydrogen) atoms. The second kappa shape index (κ2) is 8.15. The van der Waals surface area contributed by atoms with E-state index in [1.54, 1.807) is 7.11 Å². The molecule has 0 aromatic heterocycles. The van der Waals surface area contributed by atoms with Crippen molar-refractivity contribution in [3.05, 3.63) is 24.3 Å². The van der Waals surface area contributed by atoms with Gasteiger partial charge in [-0.15, -0.1) is 0 Å². The Morgan fingerprint density at radius 3 is 2.65 bits per heavy atom. The van der Waals surface area contributed by atoms with Crippen LogP contribution in [0.2, 0.25) is 0 Å². The summed E-state index contributed by atoms with van der Waals surface area (Å²) < 4.78 is 5.40. The van der Waals surface area contributed by atoms with Gasteiger partial charge in [0, 0.05) is 19.6 Å². The van der Waals surface area contributed by atoms with Crippen molar-refractivity contribution in [3.8, 4) is 5.75 Å². The molecule has 0 spiro atoms. The van der Waals surface area contributed by atoms with Crippen LogP contribution in [0.1, 0.15) is 38.5 Å². The van der Waals surface area contributed by atoms with Crippen LogP contribution < -0.4 is 15.0 Å². The van der Waals surface area contributed by atoms with Crippen molar-refractivity contribution in [1.82, 2.24) is 5.32 Å². The van der Waals surface area contributed by atoms with Gasteiger partial charge in [0.15, 0.2) is 0 Å². The molecule has 112 valence electrons. The lowest BCUT2D eigenvalue weighted by Crippen LogP contribution is -2.19. The molecule has 1 fully saturated rings. The molecule has 1 aliphatic carbocycles. The van der Waals surface area contributed by atoms with Gasteiger partial charge in [-0.25, -0.2) is 0 Å². The summed E-state index contributed by atoms with van der Waals surface area (Å²) in [5, 5.41) is 3.57. The van der Waals surface area contributed by atoms with E-state index < -0.39 is 0 Å². The number of anilines is 1. The number of hydrogen-bond donors (Lipinski definition) is 1. The first-order valence-corrected chi connectivity index (χ1v) is 7.89. The summed E-state index contributed by atoms with van der Waals surface area (Å²) >= 11 is 0. The van der Waals surface area contributed by atoms with Crippen molar-refractivity contribution in [1.29, 1.82) is 0 Å². The van der Waals surface area contributed by atoms with E-state index in [0.29, 0.717) is 0 Å². The zero-order valence-electron chi connectivity index (χ0n) is 12.9. The third-order valence-corrected chi connectivity index (χ3v) is 3.93. The quantitative estimate of drug-likeness (QED) is 0.663. The molecule has 0 bridgehead atoms. The van der Waals surface area contributed by atoms with Crippen LogP contribution in [0.5, 0.6) is 5.75 Å². The molecule has 0 radical (unpaired) electrons. The molecule has 0 atom stereocenters. The molecule has 2 rings (SSSR count). The van der Waals surface area contributed by atoms with Crippen LogP contribution in [0.3, 0.4) is 0 Å². The molecule has 3 nitrogen and oxygen atoms in total. The molecule has 1 N–H and O–H groups in total. The van der Waals surface area contributed by atoms with E-state index >= 15 is 0 Å². The van der Waals surface area contributed by atoms with E-state index in [4.69, 9.17) is 4.74 Å². The van der Waals surface area contributed by atoms with Gasteiger partial charge in [0.05, 0.1) is 12.8 Å². The maximum Gasteiger partial charge on any atom is 0.142 e. The average molecular weight is 276 g/mol. The van der Waals surface area contributed by atoms with Gasteiger partial charge in [-0.3, -0.25) is 0 Å². The highest BCUT2D eigenvalue weighted by atomic mass is 16.5. The van der Waals surface area contributed by atoms with Crippen molar-refractivity contribution >= 4 is 5.69 Å². The van der Waals surface area contributed by atoms with Gasteiger partial charge in [-0.1, -0.05) is 25.0 Å². The summed E-state index contributed by atoms with van der Waals surface area (Å²) in [4.78, 5) is 2.29. The van der Waals surface area contributed by atoms with Crippen LogP contribution in [-0.2, 0) is 0 Å². The number of nitrogens with zero attached hydrogens (tertiary/aromatic N) is 1. The Morgan fingerprint density at radius 1 is 1.15 bits per heavy atom. The van der Waals surface area contributed by atoms with E-state index in [2.05, 4.69) is 29.4 Å². The average Bonchev–Trinajstić information content (AvgIpc) is 3.30. The Kier molecular flexibility index (Phi) is 6.19. The van der Waals surface area contributed by atoms with Crippen LogP contribution >= 0.6 is 0 Å². The Hall–Kier alpha value is -1.22. The molecule has 0 heterocycles. The van der Waals surface area contributed by atoms with Crippen LogP contribution in [-0.4, -0.2) is 33.3 Å².